The van der Waals surface area contributed by atoms with Crippen molar-refractivity contribution in [1.29, 1.82) is 0 Å². The molecular formula is C15H22N2O. The molecular weight excluding hydrogens is 224 g/mol. The summed E-state index contributed by atoms with van der Waals surface area (Å²) >= 11 is 0. The van der Waals surface area contributed by atoms with E-state index in [2.05, 4.69) is 50.4 Å². The topological polar surface area (TPSA) is 32.3 Å². The highest BCUT2D eigenvalue weighted by atomic mass is 16.2. The molecule has 2 rings (SSSR count). The lowest BCUT2D eigenvalue weighted by Gasteiger charge is -2.18. The standard InChI is InChI=1S/C15H22N2O/c1-4-12-5-7-14(8-6-12)17-10-13(9-15(17)18)16-11(2)3/h5-8,11,13,16H,4,9-10H2,1-3H3. The van der Waals surface area contributed by atoms with Crippen LogP contribution in [0.25, 0.3) is 0 Å². The SMILES string of the molecule is CCc1ccc(N2CC(NC(C)C)CC2=O)cc1. The van der Waals surface area contributed by atoms with Gasteiger partial charge in [-0.15, -0.1) is 0 Å². The Labute approximate surface area is 109 Å². The minimum absolute atomic E-state index is 0.220. The monoisotopic (exact) mass is 246 g/mol. The zero-order valence-corrected chi connectivity index (χ0v) is 11.4. The molecule has 0 bridgehead atoms. The molecule has 0 aromatic heterocycles. The number of anilines is 1. The van der Waals surface area contributed by atoms with E-state index in [-0.39, 0.29) is 11.9 Å². The third kappa shape index (κ3) is 2.91. The first-order chi connectivity index (χ1) is 8.60. The van der Waals surface area contributed by atoms with Crippen LogP contribution in [0.3, 0.4) is 0 Å². The van der Waals surface area contributed by atoms with E-state index in [0.29, 0.717) is 12.5 Å². The molecule has 3 nitrogen and oxygen atoms in total. The average molecular weight is 246 g/mol. The van der Waals surface area contributed by atoms with Crippen LogP contribution in [0.5, 0.6) is 0 Å². The summed E-state index contributed by atoms with van der Waals surface area (Å²) in [7, 11) is 0. The van der Waals surface area contributed by atoms with Crippen LogP contribution in [0.4, 0.5) is 5.69 Å². The summed E-state index contributed by atoms with van der Waals surface area (Å²) < 4.78 is 0. The molecule has 98 valence electrons. The van der Waals surface area contributed by atoms with E-state index < -0.39 is 0 Å². The molecule has 1 unspecified atom stereocenters. The van der Waals surface area contributed by atoms with Gasteiger partial charge in [-0.25, -0.2) is 0 Å². The van der Waals surface area contributed by atoms with E-state index in [0.717, 1.165) is 18.7 Å². The normalized spacial score (nSPS) is 19.9. The molecule has 1 N–H and O–H groups in total. The van der Waals surface area contributed by atoms with E-state index in [1.54, 1.807) is 0 Å². The lowest BCUT2D eigenvalue weighted by molar-refractivity contribution is -0.117. The van der Waals surface area contributed by atoms with Crippen LogP contribution in [0.15, 0.2) is 24.3 Å². The van der Waals surface area contributed by atoms with Crippen LogP contribution in [0.2, 0.25) is 0 Å². The number of carbonyl (C=O) groups is 1. The van der Waals surface area contributed by atoms with Crippen molar-refractivity contribution in [3.05, 3.63) is 29.8 Å². The van der Waals surface area contributed by atoms with Gasteiger partial charge in [0, 0.05) is 30.7 Å². The van der Waals surface area contributed by atoms with E-state index in [9.17, 15) is 4.79 Å². The van der Waals surface area contributed by atoms with E-state index in [1.807, 2.05) is 4.90 Å². The largest absolute Gasteiger partial charge is 0.311 e. The number of hydrogen-bond acceptors (Lipinski definition) is 2. The number of benzene rings is 1. The Kier molecular flexibility index (Phi) is 4.02. The van der Waals surface area contributed by atoms with Gasteiger partial charge < -0.3 is 10.2 Å². The lowest BCUT2D eigenvalue weighted by atomic mass is 10.1. The average Bonchev–Trinajstić information content (AvgIpc) is 2.69. The van der Waals surface area contributed by atoms with Gasteiger partial charge in [0.15, 0.2) is 0 Å². The van der Waals surface area contributed by atoms with Gasteiger partial charge in [0.2, 0.25) is 5.91 Å². The molecule has 3 heteroatoms. The third-order valence-electron chi connectivity index (χ3n) is 3.35. The molecule has 1 saturated heterocycles. The highest BCUT2D eigenvalue weighted by Gasteiger charge is 2.30. The number of nitrogens with one attached hydrogen (secondary N) is 1. The molecule has 0 spiro atoms. The fraction of sp³-hybridized carbons (Fsp3) is 0.533. The number of nitrogens with zero attached hydrogens (tertiary/aromatic N) is 1. The van der Waals surface area contributed by atoms with Gasteiger partial charge in [-0.05, 0) is 24.1 Å². The van der Waals surface area contributed by atoms with Crippen molar-refractivity contribution in [1.82, 2.24) is 5.32 Å². The second kappa shape index (κ2) is 5.53. The Morgan fingerprint density at radius 1 is 1.33 bits per heavy atom. The highest BCUT2D eigenvalue weighted by molar-refractivity contribution is 5.96. The predicted molar refractivity (Wildman–Crippen MR) is 74.8 cm³/mol. The van der Waals surface area contributed by atoms with Crippen LogP contribution in [-0.2, 0) is 11.2 Å². The van der Waals surface area contributed by atoms with Gasteiger partial charge in [0.05, 0.1) is 0 Å². The van der Waals surface area contributed by atoms with Gasteiger partial charge in [-0.3, -0.25) is 4.79 Å². The Hall–Kier alpha value is -1.35. The number of hydrogen-bond donors (Lipinski definition) is 1. The minimum atomic E-state index is 0.220. The first kappa shape index (κ1) is 13.1. The smallest absolute Gasteiger partial charge is 0.228 e. The van der Waals surface area contributed by atoms with Gasteiger partial charge in [-0.1, -0.05) is 32.9 Å². The molecule has 1 heterocycles. The second-order valence-corrected chi connectivity index (χ2v) is 5.25. The summed E-state index contributed by atoms with van der Waals surface area (Å²) in [6, 6.07) is 9.01. The van der Waals surface area contributed by atoms with Crippen molar-refractivity contribution in [2.24, 2.45) is 0 Å². The number of amides is 1. The lowest BCUT2D eigenvalue weighted by Crippen LogP contribution is -2.37. The van der Waals surface area contributed by atoms with Crippen LogP contribution in [0, 0.1) is 0 Å². The number of aryl methyl sites for hydroxylation is 1. The van der Waals surface area contributed by atoms with E-state index >= 15 is 0 Å². The number of rotatable bonds is 4. The zero-order chi connectivity index (χ0) is 13.1. The zero-order valence-electron chi connectivity index (χ0n) is 11.4. The van der Waals surface area contributed by atoms with Crippen LogP contribution in [-0.4, -0.2) is 24.5 Å². The maximum absolute atomic E-state index is 12.0. The highest BCUT2D eigenvalue weighted by Crippen LogP contribution is 2.22. The Morgan fingerprint density at radius 2 is 2.00 bits per heavy atom. The first-order valence-electron chi connectivity index (χ1n) is 6.75. The van der Waals surface area contributed by atoms with Gasteiger partial charge in [0.1, 0.15) is 0 Å². The van der Waals surface area contributed by atoms with E-state index in [1.165, 1.54) is 5.56 Å². The molecule has 1 aromatic carbocycles. The van der Waals surface area contributed by atoms with Gasteiger partial charge in [0.25, 0.3) is 0 Å². The number of carbonyl (C=O) groups excluding carboxylic acids is 1. The quantitative estimate of drug-likeness (QED) is 0.884. The molecule has 1 aliphatic rings. The van der Waals surface area contributed by atoms with E-state index in [4.69, 9.17) is 0 Å². The first-order valence-corrected chi connectivity index (χ1v) is 6.75. The summed E-state index contributed by atoms with van der Waals surface area (Å²) in [6.07, 6.45) is 1.64. The summed E-state index contributed by atoms with van der Waals surface area (Å²) in [6.45, 7) is 7.15. The van der Waals surface area contributed by atoms with Crippen LogP contribution >= 0.6 is 0 Å². The molecule has 0 aliphatic carbocycles. The van der Waals surface area contributed by atoms with Crippen molar-refractivity contribution in [3.63, 3.8) is 0 Å². The summed E-state index contributed by atoms with van der Waals surface area (Å²) in [5, 5.41) is 3.43. The molecule has 0 saturated carbocycles. The summed E-state index contributed by atoms with van der Waals surface area (Å²) in [5.74, 6) is 0.220. The molecule has 0 radical (unpaired) electrons. The molecule has 1 fully saturated rings. The van der Waals surface area contributed by atoms with Crippen molar-refractivity contribution in [3.8, 4) is 0 Å². The summed E-state index contributed by atoms with van der Waals surface area (Å²) in [5.41, 5.74) is 2.33. The van der Waals surface area contributed by atoms with Crippen molar-refractivity contribution >= 4 is 11.6 Å². The summed E-state index contributed by atoms with van der Waals surface area (Å²) in [4.78, 5) is 13.9. The molecule has 18 heavy (non-hydrogen) atoms. The molecule has 1 amide bonds. The van der Waals surface area contributed by atoms with Gasteiger partial charge >= 0.3 is 0 Å². The second-order valence-electron chi connectivity index (χ2n) is 5.25. The van der Waals surface area contributed by atoms with Crippen molar-refractivity contribution < 1.29 is 4.79 Å². The molecule has 1 atom stereocenters. The Morgan fingerprint density at radius 3 is 2.56 bits per heavy atom. The van der Waals surface area contributed by atoms with Crippen molar-refractivity contribution in [2.75, 3.05) is 11.4 Å². The Balaban J connectivity index is 2.06. The van der Waals surface area contributed by atoms with Crippen LogP contribution < -0.4 is 10.2 Å². The van der Waals surface area contributed by atoms with Crippen molar-refractivity contribution in [2.45, 2.75) is 45.7 Å². The maximum atomic E-state index is 12.0. The van der Waals surface area contributed by atoms with Gasteiger partial charge in [-0.2, -0.15) is 0 Å². The molecule has 1 aliphatic heterocycles. The third-order valence-corrected chi connectivity index (χ3v) is 3.35. The minimum Gasteiger partial charge on any atom is -0.311 e. The Bertz CT molecular complexity index is 411. The fourth-order valence-corrected chi connectivity index (χ4v) is 2.45. The van der Waals surface area contributed by atoms with Crippen LogP contribution in [0.1, 0.15) is 32.8 Å². The molecule has 1 aromatic rings. The maximum Gasteiger partial charge on any atom is 0.228 e. The fourth-order valence-electron chi connectivity index (χ4n) is 2.45. The predicted octanol–water partition coefficient (Wildman–Crippen LogP) is 2.35.